The van der Waals surface area contributed by atoms with Crippen molar-refractivity contribution >= 4 is 0 Å². The van der Waals surface area contributed by atoms with Crippen molar-refractivity contribution in [3.05, 3.63) is 11.6 Å². The normalized spacial score (nSPS) is 48.9. The van der Waals surface area contributed by atoms with Crippen molar-refractivity contribution in [2.24, 2.45) is 29.1 Å². The van der Waals surface area contributed by atoms with E-state index in [9.17, 15) is 0 Å². The molecule has 3 heterocycles. The molecule has 6 atom stereocenters. The van der Waals surface area contributed by atoms with Gasteiger partial charge in [-0.1, -0.05) is 12.0 Å². The molecular weight excluding hydrogens is 340 g/mol. The Morgan fingerprint density at radius 1 is 1.07 bits per heavy atom. The summed E-state index contributed by atoms with van der Waals surface area (Å²) in [5.74, 6) is 5.50. The van der Waals surface area contributed by atoms with Crippen molar-refractivity contribution in [1.29, 1.82) is 0 Å². The van der Waals surface area contributed by atoms with Gasteiger partial charge in [0.05, 0.1) is 32.5 Å². The molecular formula is C23H30O4. The number of ether oxygens (including phenoxy) is 4. The Kier molecular flexibility index (Phi) is 3.60. The number of rotatable bonds is 0. The summed E-state index contributed by atoms with van der Waals surface area (Å²) < 4.78 is 24.2. The molecule has 5 fully saturated rings. The van der Waals surface area contributed by atoms with Crippen molar-refractivity contribution in [2.75, 3.05) is 26.9 Å². The maximum atomic E-state index is 6.98. The predicted octanol–water partition coefficient (Wildman–Crippen LogP) is 3.66. The molecule has 0 radical (unpaired) electrons. The van der Waals surface area contributed by atoms with Crippen LogP contribution in [0.15, 0.2) is 11.6 Å². The summed E-state index contributed by atoms with van der Waals surface area (Å²) >= 11 is 0. The molecule has 0 N–H and O–H groups in total. The third-order valence-corrected chi connectivity index (χ3v) is 8.94. The summed E-state index contributed by atoms with van der Waals surface area (Å²) in [6, 6.07) is 0. The van der Waals surface area contributed by atoms with Gasteiger partial charge in [0, 0.05) is 24.2 Å². The second kappa shape index (κ2) is 5.75. The minimum atomic E-state index is -0.322. The fourth-order valence-electron chi connectivity index (χ4n) is 7.81. The number of methoxy groups -OCH3 is 1. The van der Waals surface area contributed by atoms with E-state index in [4.69, 9.17) is 18.9 Å². The number of hydrogen-bond acceptors (Lipinski definition) is 4. The molecule has 3 spiro atoms. The van der Waals surface area contributed by atoms with Crippen LogP contribution >= 0.6 is 0 Å². The molecule has 0 aromatic rings. The van der Waals surface area contributed by atoms with E-state index in [1.54, 1.807) is 12.7 Å². The van der Waals surface area contributed by atoms with Crippen molar-refractivity contribution in [3.63, 3.8) is 0 Å². The van der Waals surface area contributed by atoms with Crippen LogP contribution < -0.4 is 0 Å². The van der Waals surface area contributed by atoms with Crippen LogP contribution in [0.5, 0.6) is 0 Å². The zero-order chi connectivity index (χ0) is 18.1. The molecule has 2 saturated heterocycles. The summed E-state index contributed by atoms with van der Waals surface area (Å²) in [7, 11) is 1.67. The quantitative estimate of drug-likeness (QED) is 0.482. The molecule has 146 valence electrons. The Bertz CT molecular complexity index is 726. The molecule has 0 aromatic carbocycles. The Morgan fingerprint density at radius 2 is 1.96 bits per heavy atom. The Balaban J connectivity index is 1.37. The van der Waals surface area contributed by atoms with Crippen molar-refractivity contribution < 1.29 is 18.9 Å². The topological polar surface area (TPSA) is 36.9 Å². The molecule has 4 bridgehead atoms. The van der Waals surface area contributed by atoms with Crippen LogP contribution in [0.1, 0.15) is 51.4 Å². The van der Waals surface area contributed by atoms with Gasteiger partial charge in [-0.05, 0) is 61.9 Å². The maximum absolute atomic E-state index is 6.98. The maximum Gasteiger partial charge on any atom is 0.169 e. The SMILES string of the molecule is COC#C[C@@H]1CC[C@H]2[C@@H]3CCC4CC5(CC[C@]46OCC12CC=C36)OCCO5. The fourth-order valence-corrected chi connectivity index (χ4v) is 7.81. The first kappa shape index (κ1) is 16.9. The highest BCUT2D eigenvalue weighted by atomic mass is 16.7. The first-order valence-electron chi connectivity index (χ1n) is 10.9. The number of hydrogen-bond donors (Lipinski definition) is 0. The van der Waals surface area contributed by atoms with E-state index in [0.29, 0.717) is 17.8 Å². The molecule has 0 amide bonds. The van der Waals surface area contributed by atoms with E-state index >= 15 is 0 Å². The number of allylic oxidation sites excluding steroid dienone is 1. The van der Waals surface area contributed by atoms with Crippen LogP contribution in [0.2, 0.25) is 0 Å². The molecule has 3 saturated carbocycles. The molecule has 3 aliphatic heterocycles. The number of fused-ring (bicyclic) bond motifs is 2. The zero-order valence-electron chi connectivity index (χ0n) is 16.3. The van der Waals surface area contributed by atoms with Crippen LogP contribution in [0, 0.1) is 41.1 Å². The zero-order valence-corrected chi connectivity index (χ0v) is 16.3. The third kappa shape index (κ3) is 2.11. The first-order chi connectivity index (χ1) is 13.2. The molecule has 2 unspecified atom stereocenters. The summed E-state index contributed by atoms with van der Waals surface area (Å²) in [5.41, 5.74) is 1.79. The summed E-state index contributed by atoms with van der Waals surface area (Å²) in [6.07, 6.45) is 14.7. The highest BCUT2D eigenvalue weighted by molar-refractivity contribution is 5.35. The van der Waals surface area contributed by atoms with Crippen LogP contribution in [0.3, 0.4) is 0 Å². The minimum absolute atomic E-state index is 0.0590. The van der Waals surface area contributed by atoms with Crippen LogP contribution in [0.25, 0.3) is 0 Å². The Labute approximate surface area is 161 Å². The Hall–Kier alpha value is -1.02. The molecule has 0 aromatic heterocycles. The summed E-state index contributed by atoms with van der Waals surface area (Å²) in [4.78, 5) is 0. The van der Waals surface area contributed by atoms with Gasteiger partial charge >= 0.3 is 0 Å². The van der Waals surface area contributed by atoms with Gasteiger partial charge < -0.3 is 18.9 Å². The molecule has 4 nitrogen and oxygen atoms in total. The molecule has 27 heavy (non-hydrogen) atoms. The van der Waals surface area contributed by atoms with E-state index in [1.165, 1.54) is 25.7 Å². The average Bonchev–Trinajstić information content (AvgIpc) is 3.23. The fraction of sp³-hybridized carbons (Fsp3) is 0.826. The first-order valence-corrected chi connectivity index (χ1v) is 10.9. The average molecular weight is 370 g/mol. The standard InChI is InChI=1S/C23H30O4/c1-24-11-7-16-3-5-19-18-4-2-17-14-22(25-12-13-26-22)9-10-23(17)20(18)6-8-21(16,19)15-27-23/h6,16-19H,2-5,8-10,12-15H2,1H3/t16-,17?,18-,19-,21?,23-/m0/s1. The van der Waals surface area contributed by atoms with E-state index in [0.717, 1.165) is 51.4 Å². The minimum Gasteiger partial charge on any atom is -0.450 e. The van der Waals surface area contributed by atoms with Gasteiger partial charge in [0.15, 0.2) is 5.79 Å². The van der Waals surface area contributed by atoms with E-state index in [1.807, 2.05) is 0 Å². The van der Waals surface area contributed by atoms with E-state index in [-0.39, 0.29) is 16.8 Å². The predicted molar refractivity (Wildman–Crippen MR) is 99.5 cm³/mol. The van der Waals surface area contributed by atoms with Gasteiger partial charge in [-0.3, -0.25) is 0 Å². The van der Waals surface area contributed by atoms with Gasteiger partial charge in [-0.15, -0.1) is 0 Å². The smallest absolute Gasteiger partial charge is 0.169 e. The molecule has 4 aliphatic carbocycles. The monoisotopic (exact) mass is 370 g/mol. The summed E-state index contributed by atoms with van der Waals surface area (Å²) in [5, 5.41) is 0. The Morgan fingerprint density at radius 3 is 2.81 bits per heavy atom. The lowest BCUT2D eigenvalue weighted by atomic mass is 9.53. The lowest BCUT2D eigenvalue weighted by Gasteiger charge is -2.54. The lowest BCUT2D eigenvalue weighted by Crippen LogP contribution is -2.55. The van der Waals surface area contributed by atoms with Crippen molar-refractivity contribution in [2.45, 2.75) is 62.8 Å². The van der Waals surface area contributed by atoms with Gasteiger partial charge in [-0.2, -0.15) is 0 Å². The lowest BCUT2D eigenvalue weighted by molar-refractivity contribution is -0.229. The van der Waals surface area contributed by atoms with Crippen molar-refractivity contribution in [1.82, 2.24) is 0 Å². The second-order valence-electron chi connectivity index (χ2n) is 9.65. The van der Waals surface area contributed by atoms with Crippen LogP contribution in [-0.4, -0.2) is 38.3 Å². The third-order valence-electron chi connectivity index (χ3n) is 8.94. The van der Waals surface area contributed by atoms with Gasteiger partial charge in [0.1, 0.15) is 6.11 Å². The van der Waals surface area contributed by atoms with E-state index in [2.05, 4.69) is 18.1 Å². The summed E-state index contributed by atoms with van der Waals surface area (Å²) in [6.45, 7) is 2.36. The highest BCUT2D eigenvalue weighted by Gasteiger charge is 2.65. The largest absolute Gasteiger partial charge is 0.450 e. The second-order valence-corrected chi connectivity index (χ2v) is 9.65. The highest BCUT2D eigenvalue weighted by Crippen LogP contribution is 2.67. The van der Waals surface area contributed by atoms with Gasteiger partial charge in [0.2, 0.25) is 0 Å². The molecule has 7 aliphatic rings. The van der Waals surface area contributed by atoms with Crippen LogP contribution in [0.4, 0.5) is 0 Å². The molecule has 7 rings (SSSR count). The van der Waals surface area contributed by atoms with Crippen LogP contribution in [-0.2, 0) is 18.9 Å². The van der Waals surface area contributed by atoms with Crippen molar-refractivity contribution in [3.8, 4) is 12.0 Å². The molecule has 4 heteroatoms. The van der Waals surface area contributed by atoms with E-state index < -0.39 is 0 Å². The van der Waals surface area contributed by atoms with Gasteiger partial charge in [0.25, 0.3) is 0 Å². The van der Waals surface area contributed by atoms with Gasteiger partial charge in [-0.25, -0.2) is 0 Å².